The van der Waals surface area contributed by atoms with E-state index >= 15 is 0 Å². The van der Waals surface area contributed by atoms with E-state index in [0.29, 0.717) is 5.65 Å². The van der Waals surface area contributed by atoms with Crippen LogP contribution in [0.3, 0.4) is 0 Å². The molecule has 0 bridgehead atoms. The van der Waals surface area contributed by atoms with Crippen molar-refractivity contribution in [1.29, 1.82) is 0 Å². The molecule has 0 amide bonds. The molecule has 0 atom stereocenters. The van der Waals surface area contributed by atoms with Gasteiger partial charge in [-0.3, -0.25) is 0 Å². The number of hydrogen-bond acceptors (Lipinski definition) is 6. The summed E-state index contributed by atoms with van der Waals surface area (Å²) >= 11 is 0. The van der Waals surface area contributed by atoms with Crippen LogP contribution in [0.15, 0.2) is 12.5 Å². The number of imidazole rings is 1. The van der Waals surface area contributed by atoms with Gasteiger partial charge in [-0.15, -0.1) is 10.1 Å². The topological polar surface area (TPSA) is 144 Å². The van der Waals surface area contributed by atoms with Gasteiger partial charge in [-0.05, 0) is 0 Å². The van der Waals surface area contributed by atoms with Crippen LogP contribution in [0.1, 0.15) is 0 Å². The number of nitrogens with one attached hydrogen (secondary N) is 1. The number of H-pyrrole nitrogens is 1. The summed E-state index contributed by atoms with van der Waals surface area (Å²) in [6.07, 6.45) is 3.13. The average Bonchev–Trinajstić information content (AvgIpc) is 2.49. The number of aromatic amines is 1. The van der Waals surface area contributed by atoms with Gasteiger partial charge in [0.1, 0.15) is 5.52 Å². The van der Waals surface area contributed by atoms with Gasteiger partial charge < -0.3 is 15.9 Å². The molecule has 9 heteroatoms. The molecule has 0 spiro atoms. The van der Waals surface area contributed by atoms with Crippen LogP contribution in [0.25, 0.3) is 11.2 Å². The molecule has 0 saturated carbocycles. The highest BCUT2D eigenvalue weighted by atomic mass is 16.9. The van der Waals surface area contributed by atoms with Crippen LogP contribution in [0, 0.1) is 10.1 Å². The minimum atomic E-state index is -1.50. The van der Waals surface area contributed by atoms with Gasteiger partial charge in [0.15, 0.2) is 5.65 Å². The van der Waals surface area contributed by atoms with Gasteiger partial charge in [-0.1, -0.05) is 0 Å². The van der Waals surface area contributed by atoms with Crippen molar-refractivity contribution in [3.63, 3.8) is 0 Å². The lowest BCUT2D eigenvalue weighted by molar-refractivity contribution is -0.742. The minimum Gasteiger partial charge on any atom is -0.368 e. The van der Waals surface area contributed by atoms with E-state index in [1.54, 1.807) is 12.5 Å². The maximum atomic E-state index is 8.36. The molecule has 9 nitrogen and oxygen atoms in total. The van der Waals surface area contributed by atoms with Crippen LogP contribution >= 0.6 is 0 Å². The maximum Gasteiger partial charge on any atom is 0.291 e. The Hall–Kier alpha value is -2.45. The minimum absolute atomic E-state index is 0.261. The normalized spacial score (nSPS) is 9.14. The first-order valence-electron chi connectivity index (χ1n) is 3.34. The van der Waals surface area contributed by atoms with Gasteiger partial charge in [0, 0.05) is 0 Å². The summed E-state index contributed by atoms with van der Waals surface area (Å²) in [4.78, 5) is 22.8. The molecule has 0 aliphatic heterocycles. The third-order valence-electron chi connectivity index (χ3n) is 1.19. The van der Waals surface area contributed by atoms with Crippen molar-refractivity contribution >= 4 is 17.1 Å². The highest BCUT2D eigenvalue weighted by Gasteiger charge is 1.95. The SMILES string of the molecule is Nc1ncc2nc[nH]c2n1.O=[N+]([O-])O. The summed E-state index contributed by atoms with van der Waals surface area (Å²) in [6.45, 7) is 0. The number of rotatable bonds is 0. The van der Waals surface area contributed by atoms with Crippen molar-refractivity contribution < 1.29 is 10.3 Å². The second-order valence-corrected chi connectivity index (χ2v) is 2.10. The predicted octanol–water partition coefficient (Wildman–Crippen LogP) is -0.413. The molecule has 0 radical (unpaired) electrons. The standard InChI is InChI=1S/C5H5N5.HNO3/c6-5-7-1-3-4(10-5)9-2-8-3;2-1(3)4/h1-2H,(H3,6,7,8,9,10);(H,2,3,4). The largest absolute Gasteiger partial charge is 0.368 e. The van der Waals surface area contributed by atoms with Crippen molar-refractivity contribution in [2.45, 2.75) is 0 Å². The molecule has 0 saturated heterocycles. The smallest absolute Gasteiger partial charge is 0.291 e. The Kier molecular flexibility index (Phi) is 2.74. The molecule has 14 heavy (non-hydrogen) atoms. The van der Waals surface area contributed by atoms with E-state index in [-0.39, 0.29) is 5.95 Å². The first kappa shape index (κ1) is 9.64. The second-order valence-electron chi connectivity index (χ2n) is 2.10. The number of fused-ring (bicyclic) bond motifs is 1. The summed E-state index contributed by atoms with van der Waals surface area (Å²) in [5.41, 5.74) is 6.72. The summed E-state index contributed by atoms with van der Waals surface area (Å²) in [7, 11) is 0. The fourth-order valence-electron chi connectivity index (χ4n) is 0.753. The molecule has 2 aromatic rings. The Morgan fingerprint density at radius 3 is 2.86 bits per heavy atom. The monoisotopic (exact) mass is 198 g/mol. The van der Waals surface area contributed by atoms with Crippen LogP contribution in [0.2, 0.25) is 0 Å². The third kappa shape index (κ3) is 2.55. The van der Waals surface area contributed by atoms with Crippen molar-refractivity contribution in [1.82, 2.24) is 19.9 Å². The first-order chi connectivity index (χ1) is 6.59. The first-order valence-corrected chi connectivity index (χ1v) is 3.34. The van der Waals surface area contributed by atoms with Crippen LogP contribution < -0.4 is 5.73 Å². The van der Waals surface area contributed by atoms with Gasteiger partial charge in [0.25, 0.3) is 5.09 Å². The Balaban J connectivity index is 0.000000213. The zero-order valence-corrected chi connectivity index (χ0v) is 6.78. The van der Waals surface area contributed by atoms with Crippen molar-refractivity contribution in [3.8, 4) is 0 Å². The van der Waals surface area contributed by atoms with E-state index in [4.69, 9.17) is 21.1 Å². The lowest BCUT2D eigenvalue weighted by atomic mass is 10.6. The lowest BCUT2D eigenvalue weighted by Gasteiger charge is -1.87. The molecular formula is C5H6N6O3. The van der Waals surface area contributed by atoms with E-state index in [2.05, 4.69) is 19.9 Å². The number of aromatic nitrogens is 4. The molecule has 0 aliphatic rings. The molecule has 2 rings (SSSR count). The Bertz CT molecular complexity index is 436. The van der Waals surface area contributed by atoms with E-state index in [9.17, 15) is 0 Å². The molecule has 2 aromatic heterocycles. The van der Waals surface area contributed by atoms with Crippen molar-refractivity contribution in [3.05, 3.63) is 22.6 Å². The molecule has 0 unspecified atom stereocenters. The number of anilines is 1. The zero-order chi connectivity index (χ0) is 10.6. The van der Waals surface area contributed by atoms with Gasteiger partial charge in [-0.25, -0.2) is 9.97 Å². The molecule has 0 aromatic carbocycles. The number of nitrogens with zero attached hydrogens (tertiary/aromatic N) is 4. The molecule has 4 N–H and O–H groups in total. The Morgan fingerprint density at radius 2 is 2.21 bits per heavy atom. The van der Waals surface area contributed by atoms with Gasteiger partial charge in [-0.2, -0.15) is 4.98 Å². The predicted molar refractivity (Wildman–Crippen MR) is 44.9 cm³/mol. The van der Waals surface area contributed by atoms with Crippen LogP contribution in [0.4, 0.5) is 5.95 Å². The fraction of sp³-hybridized carbons (Fsp3) is 0. The Labute approximate surface area is 76.7 Å². The molecule has 0 aliphatic carbocycles. The van der Waals surface area contributed by atoms with E-state index in [1.807, 2.05) is 0 Å². The highest BCUT2D eigenvalue weighted by molar-refractivity contribution is 5.69. The molecule has 74 valence electrons. The maximum absolute atomic E-state index is 8.36. The Morgan fingerprint density at radius 1 is 1.57 bits per heavy atom. The van der Waals surface area contributed by atoms with Crippen LogP contribution in [-0.2, 0) is 0 Å². The van der Waals surface area contributed by atoms with Crippen molar-refractivity contribution in [2.75, 3.05) is 5.73 Å². The summed E-state index contributed by atoms with van der Waals surface area (Å²) in [5, 5.41) is 13.6. The molecule has 0 fully saturated rings. The third-order valence-corrected chi connectivity index (χ3v) is 1.19. The van der Waals surface area contributed by atoms with Gasteiger partial charge in [0.2, 0.25) is 5.95 Å². The molecular weight excluding hydrogens is 192 g/mol. The number of nitrogens with two attached hydrogens (primary N) is 1. The fourth-order valence-corrected chi connectivity index (χ4v) is 0.753. The van der Waals surface area contributed by atoms with Gasteiger partial charge in [0.05, 0.1) is 12.5 Å². The highest BCUT2D eigenvalue weighted by Crippen LogP contribution is 2.03. The van der Waals surface area contributed by atoms with Crippen LogP contribution in [-0.4, -0.2) is 30.2 Å². The van der Waals surface area contributed by atoms with E-state index < -0.39 is 5.09 Å². The van der Waals surface area contributed by atoms with E-state index in [1.165, 1.54) is 0 Å². The quantitative estimate of drug-likeness (QED) is 0.385. The summed E-state index contributed by atoms with van der Waals surface area (Å²) in [6, 6.07) is 0. The summed E-state index contributed by atoms with van der Waals surface area (Å²) in [5.74, 6) is 0.261. The lowest BCUT2D eigenvalue weighted by Crippen LogP contribution is -1.93. The van der Waals surface area contributed by atoms with E-state index in [0.717, 1.165) is 5.52 Å². The molecule has 2 heterocycles. The summed E-state index contributed by atoms with van der Waals surface area (Å²) < 4.78 is 0. The van der Waals surface area contributed by atoms with Gasteiger partial charge >= 0.3 is 0 Å². The second kappa shape index (κ2) is 3.98. The zero-order valence-electron chi connectivity index (χ0n) is 6.78. The number of hydrogen-bond donors (Lipinski definition) is 3. The van der Waals surface area contributed by atoms with Crippen LogP contribution in [0.5, 0.6) is 0 Å². The number of nitrogen functional groups attached to an aromatic ring is 1. The van der Waals surface area contributed by atoms with Crippen molar-refractivity contribution in [2.24, 2.45) is 0 Å². The average molecular weight is 198 g/mol.